The molecular weight excluding hydrogens is 266 g/mol. The van der Waals surface area contributed by atoms with Gasteiger partial charge in [-0.15, -0.1) is 11.8 Å². The minimum absolute atomic E-state index is 0.126. The highest BCUT2D eigenvalue weighted by molar-refractivity contribution is 7.99. The Labute approximate surface area is 115 Å². The Bertz CT molecular complexity index is 555. The monoisotopic (exact) mass is 280 g/mol. The molecule has 0 fully saturated rings. The number of thioether (sulfide) groups is 1. The first-order chi connectivity index (χ1) is 9.06. The van der Waals surface area contributed by atoms with E-state index >= 15 is 0 Å². The molecule has 2 rings (SSSR count). The summed E-state index contributed by atoms with van der Waals surface area (Å²) in [5, 5.41) is 9.92. The number of aryl methyl sites for hydroxylation is 1. The van der Waals surface area contributed by atoms with Crippen molar-refractivity contribution in [2.45, 2.75) is 17.9 Å². The summed E-state index contributed by atoms with van der Waals surface area (Å²) in [5.74, 6) is -1.03. The highest BCUT2D eigenvalue weighted by Gasteiger charge is 2.13. The van der Waals surface area contributed by atoms with Crippen molar-refractivity contribution in [1.82, 2.24) is 0 Å². The minimum atomic E-state index is -0.952. The van der Waals surface area contributed by atoms with Crippen molar-refractivity contribution in [2.24, 2.45) is 0 Å². The Kier molecular flexibility index (Phi) is 4.56. The van der Waals surface area contributed by atoms with Gasteiger partial charge in [-0.25, -0.2) is 8.78 Å². The fraction of sp³-hybridized carbons (Fsp3) is 0.200. The van der Waals surface area contributed by atoms with Crippen molar-refractivity contribution in [2.75, 3.05) is 5.75 Å². The lowest BCUT2D eigenvalue weighted by molar-refractivity contribution is 0.198. The largest absolute Gasteiger partial charge is 0.387 e. The molecule has 1 unspecified atom stereocenters. The molecule has 0 aliphatic rings. The molecule has 0 aromatic heterocycles. The van der Waals surface area contributed by atoms with Gasteiger partial charge in [0.1, 0.15) is 11.6 Å². The summed E-state index contributed by atoms with van der Waals surface area (Å²) < 4.78 is 26.2. The molecule has 1 atom stereocenters. The molecule has 0 saturated carbocycles. The molecule has 0 bridgehead atoms. The molecule has 4 heteroatoms. The van der Waals surface area contributed by atoms with Crippen LogP contribution in [0.4, 0.5) is 8.78 Å². The predicted octanol–water partition coefficient (Wildman–Crippen LogP) is 4.10. The van der Waals surface area contributed by atoms with Gasteiger partial charge in [-0.2, -0.15) is 0 Å². The van der Waals surface area contributed by atoms with Gasteiger partial charge in [0.2, 0.25) is 0 Å². The van der Waals surface area contributed by atoms with Crippen LogP contribution in [-0.4, -0.2) is 10.9 Å². The first-order valence-corrected chi connectivity index (χ1v) is 6.87. The Balaban J connectivity index is 2.01. The first-order valence-electron chi connectivity index (χ1n) is 5.89. The van der Waals surface area contributed by atoms with Crippen molar-refractivity contribution < 1.29 is 13.9 Å². The van der Waals surface area contributed by atoms with E-state index in [9.17, 15) is 13.9 Å². The summed E-state index contributed by atoms with van der Waals surface area (Å²) in [6.07, 6.45) is -0.952. The van der Waals surface area contributed by atoms with Crippen LogP contribution in [0.3, 0.4) is 0 Å². The van der Waals surface area contributed by atoms with Crippen LogP contribution >= 0.6 is 11.8 Å². The molecular formula is C15H14F2OS. The van der Waals surface area contributed by atoms with E-state index in [1.165, 1.54) is 17.8 Å². The molecule has 0 amide bonds. The summed E-state index contributed by atoms with van der Waals surface area (Å²) in [6, 6.07) is 11.1. The van der Waals surface area contributed by atoms with Gasteiger partial charge < -0.3 is 5.11 Å². The van der Waals surface area contributed by atoms with Crippen LogP contribution in [0.5, 0.6) is 0 Å². The van der Waals surface area contributed by atoms with Crippen molar-refractivity contribution >= 4 is 11.8 Å². The second kappa shape index (κ2) is 6.17. The third-order valence-electron chi connectivity index (χ3n) is 2.75. The van der Waals surface area contributed by atoms with E-state index in [0.717, 1.165) is 22.6 Å². The average molecular weight is 280 g/mol. The molecule has 1 nitrogen and oxygen atoms in total. The molecule has 1 N–H and O–H groups in total. The quantitative estimate of drug-likeness (QED) is 0.851. The van der Waals surface area contributed by atoms with Gasteiger partial charge in [-0.3, -0.25) is 0 Å². The zero-order valence-electron chi connectivity index (χ0n) is 10.4. The summed E-state index contributed by atoms with van der Waals surface area (Å²) in [5.41, 5.74) is 1.29. The second-order valence-electron chi connectivity index (χ2n) is 4.31. The predicted molar refractivity (Wildman–Crippen MR) is 73.2 cm³/mol. The molecule has 0 aliphatic heterocycles. The van der Waals surface area contributed by atoms with E-state index in [4.69, 9.17) is 0 Å². The lowest BCUT2D eigenvalue weighted by Gasteiger charge is -2.11. The zero-order valence-corrected chi connectivity index (χ0v) is 11.3. The molecule has 2 aromatic carbocycles. The van der Waals surface area contributed by atoms with Crippen LogP contribution in [0, 0.1) is 18.6 Å². The van der Waals surface area contributed by atoms with Gasteiger partial charge in [0, 0.05) is 22.3 Å². The summed E-state index contributed by atoms with van der Waals surface area (Å²) in [6.45, 7) is 2.00. The zero-order chi connectivity index (χ0) is 13.8. The molecule has 0 spiro atoms. The minimum Gasteiger partial charge on any atom is -0.387 e. The molecule has 0 heterocycles. The Morgan fingerprint density at radius 2 is 1.79 bits per heavy atom. The Morgan fingerprint density at radius 3 is 2.42 bits per heavy atom. The maximum absolute atomic E-state index is 13.5. The maximum atomic E-state index is 13.5. The van der Waals surface area contributed by atoms with E-state index in [1.54, 1.807) is 0 Å². The van der Waals surface area contributed by atoms with E-state index in [2.05, 4.69) is 0 Å². The molecule has 19 heavy (non-hydrogen) atoms. The summed E-state index contributed by atoms with van der Waals surface area (Å²) in [7, 11) is 0. The number of benzene rings is 2. The number of aliphatic hydroxyl groups excluding tert-OH is 1. The lowest BCUT2D eigenvalue weighted by atomic mass is 10.1. The highest BCUT2D eigenvalue weighted by Crippen LogP contribution is 2.26. The lowest BCUT2D eigenvalue weighted by Crippen LogP contribution is -2.03. The highest BCUT2D eigenvalue weighted by atomic mass is 32.2. The van der Waals surface area contributed by atoms with Crippen molar-refractivity contribution in [3.63, 3.8) is 0 Å². The molecule has 0 saturated heterocycles. The normalized spacial score (nSPS) is 12.4. The fourth-order valence-electron chi connectivity index (χ4n) is 1.67. The summed E-state index contributed by atoms with van der Waals surface area (Å²) >= 11 is 1.43. The third-order valence-corrected chi connectivity index (χ3v) is 3.84. The third kappa shape index (κ3) is 3.78. The second-order valence-corrected chi connectivity index (χ2v) is 5.40. The van der Waals surface area contributed by atoms with Crippen LogP contribution in [0.25, 0.3) is 0 Å². The van der Waals surface area contributed by atoms with Crippen LogP contribution < -0.4 is 0 Å². The topological polar surface area (TPSA) is 20.2 Å². The SMILES string of the molecule is Cc1ccc(SCC(O)c2ccc(F)cc2F)cc1. The number of aliphatic hydroxyl groups is 1. The van der Waals surface area contributed by atoms with Crippen LogP contribution in [0.1, 0.15) is 17.2 Å². The van der Waals surface area contributed by atoms with E-state index < -0.39 is 17.7 Å². The number of hydrogen-bond donors (Lipinski definition) is 1. The van der Waals surface area contributed by atoms with E-state index in [-0.39, 0.29) is 5.56 Å². The van der Waals surface area contributed by atoms with Gasteiger partial charge in [0.25, 0.3) is 0 Å². The van der Waals surface area contributed by atoms with Crippen LogP contribution in [-0.2, 0) is 0 Å². The number of hydrogen-bond acceptors (Lipinski definition) is 2. The summed E-state index contributed by atoms with van der Waals surface area (Å²) in [4.78, 5) is 1.01. The smallest absolute Gasteiger partial charge is 0.131 e. The molecule has 0 radical (unpaired) electrons. The average Bonchev–Trinajstić information content (AvgIpc) is 2.37. The molecule has 100 valence electrons. The standard InChI is InChI=1S/C15H14F2OS/c1-10-2-5-12(6-3-10)19-9-15(18)13-7-4-11(16)8-14(13)17/h2-8,15,18H,9H2,1H3. The van der Waals surface area contributed by atoms with Crippen molar-refractivity contribution in [3.05, 3.63) is 65.2 Å². The maximum Gasteiger partial charge on any atom is 0.131 e. The number of halogens is 2. The van der Waals surface area contributed by atoms with Crippen molar-refractivity contribution in [1.29, 1.82) is 0 Å². The van der Waals surface area contributed by atoms with Gasteiger partial charge in [0.15, 0.2) is 0 Å². The van der Waals surface area contributed by atoms with Crippen LogP contribution in [0.15, 0.2) is 47.4 Å². The fourth-order valence-corrected chi connectivity index (χ4v) is 2.53. The molecule has 2 aromatic rings. The Morgan fingerprint density at radius 1 is 1.11 bits per heavy atom. The van der Waals surface area contributed by atoms with Gasteiger partial charge in [-0.1, -0.05) is 23.8 Å². The van der Waals surface area contributed by atoms with Gasteiger partial charge >= 0.3 is 0 Å². The first kappa shape index (κ1) is 14.0. The van der Waals surface area contributed by atoms with Crippen LogP contribution in [0.2, 0.25) is 0 Å². The Hall–Kier alpha value is -1.39. The van der Waals surface area contributed by atoms with Gasteiger partial charge in [-0.05, 0) is 25.1 Å². The number of rotatable bonds is 4. The van der Waals surface area contributed by atoms with E-state index in [1.807, 2.05) is 31.2 Å². The van der Waals surface area contributed by atoms with Crippen molar-refractivity contribution in [3.8, 4) is 0 Å². The molecule has 0 aliphatic carbocycles. The van der Waals surface area contributed by atoms with E-state index in [0.29, 0.717) is 5.75 Å². The van der Waals surface area contributed by atoms with Gasteiger partial charge in [0.05, 0.1) is 6.10 Å².